The second kappa shape index (κ2) is 6.81. The number of unbranched alkanes of at least 4 members (excludes halogenated alkanes) is 1. The largest absolute Gasteiger partial charge is 0.471 e. The molecule has 0 aliphatic heterocycles. The van der Waals surface area contributed by atoms with Crippen molar-refractivity contribution in [1.29, 1.82) is 5.26 Å². The zero-order chi connectivity index (χ0) is 11.8. The van der Waals surface area contributed by atoms with Gasteiger partial charge in [-0.15, -0.1) is 0 Å². The number of benzene rings is 1. The van der Waals surface area contributed by atoms with E-state index in [4.69, 9.17) is 22.2 Å². The smallest absolute Gasteiger partial charge is 0.261 e. The number of hydrogen-bond acceptors (Lipinski definition) is 3. The third-order valence-corrected chi connectivity index (χ3v) is 2.21. The Balaban J connectivity index is 2.41. The molecule has 0 bridgehead atoms. The lowest BCUT2D eigenvalue weighted by Crippen LogP contribution is -2.13. The van der Waals surface area contributed by atoms with E-state index in [-0.39, 0.29) is 0 Å². The van der Waals surface area contributed by atoms with Gasteiger partial charge in [-0.3, -0.25) is 0 Å². The van der Waals surface area contributed by atoms with Gasteiger partial charge in [0.2, 0.25) is 0 Å². The lowest BCUT2D eigenvalue weighted by molar-refractivity contribution is 0.304. The molecule has 0 spiro atoms. The van der Waals surface area contributed by atoms with Crippen LogP contribution in [0.15, 0.2) is 24.3 Å². The van der Waals surface area contributed by atoms with Crippen LogP contribution in [0.25, 0.3) is 0 Å². The molecule has 0 amide bonds. The molecule has 0 heterocycles. The van der Waals surface area contributed by atoms with Crippen LogP contribution in [-0.2, 0) is 4.74 Å². The molecule has 1 aromatic carbocycles. The fourth-order valence-electron chi connectivity index (χ4n) is 1.09. The Morgan fingerprint density at radius 2 is 2.12 bits per heavy atom. The number of rotatable bonds is 4. The summed E-state index contributed by atoms with van der Waals surface area (Å²) in [4.78, 5) is 0. The molecular weight excluding hydrogens is 220 g/mol. The summed E-state index contributed by atoms with van der Waals surface area (Å²) in [5.74, 6) is 0. The molecule has 0 fully saturated rings. The first-order valence-corrected chi connectivity index (χ1v) is 5.61. The van der Waals surface area contributed by atoms with E-state index in [0.717, 1.165) is 18.5 Å². The lowest BCUT2D eigenvalue weighted by atomic mass is 10.2. The van der Waals surface area contributed by atoms with Gasteiger partial charge in [0.15, 0.2) is 0 Å². The highest BCUT2D eigenvalue weighted by atomic mass is 32.1. The second-order valence-corrected chi connectivity index (χ2v) is 3.67. The van der Waals surface area contributed by atoms with Crippen molar-refractivity contribution in [2.75, 3.05) is 11.9 Å². The molecule has 84 valence electrons. The molecule has 3 nitrogen and oxygen atoms in total. The number of ether oxygens (including phenoxy) is 1. The fraction of sp³-hybridized carbons (Fsp3) is 0.333. The van der Waals surface area contributed by atoms with E-state index in [1.165, 1.54) is 0 Å². The normalized spacial score (nSPS) is 9.25. The van der Waals surface area contributed by atoms with Crippen LogP contribution >= 0.6 is 12.2 Å². The summed E-state index contributed by atoms with van der Waals surface area (Å²) in [5, 5.41) is 12.0. The van der Waals surface area contributed by atoms with Crippen molar-refractivity contribution in [3.05, 3.63) is 29.8 Å². The van der Waals surface area contributed by atoms with Crippen LogP contribution in [0.3, 0.4) is 0 Å². The zero-order valence-corrected chi connectivity index (χ0v) is 10.0. The average Bonchev–Trinajstić information content (AvgIpc) is 2.30. The van der Waals surface area contributed by atoms with Crippen LogP contribution in [0.1, 0.15) is 25.3 Å². The zero-order valence-electron chi connectivity index (χ0n) is 9.19. The molecule has 1 aromatic rings. The Hall–Kier alpha value is -1.60. The van der Waals surface area contributed by atoms with E-state index in [9.17, 15) is 0 Å². The third-order valence-electron chi connectivity index (χ3n) is 1.99. The lowest BCUT2D eigenvalue weighted by Gasteiger charge is -2.08. The van der Waals surface area contributed by atoms with Crippen LogP contribution in [0.4, 0.5) is 5.69 Å². The number of nitriles is 1. The minimum Gasteiger partial charge on any atom is -0.471 e. The summed E-state index contributed by atoms with van der Waals surface area (Å²) in [6.07, 6.45) is 2.08. The molecule has 0 radical (unpaired) electrons. The first kappa shape index (κ1) is 12.5. The maximum atomic E-state index is 8.63. The van der Waals surface area contributed by atoms with Crippen molar-refractivity contribution in [1.82, 2.24) is 0 Å². The van der Waals surface area contributed by atoms with E-state index in [1.807, 2.05) is 0 Å². The van der Waals surface area contributed by atoms with Gasteiger partial charge in [0, 0.05) is 5.69 Å². The van der Waals surface area contributed by atoms with Crippen molar-refractivity contribution in [2.45, 2.75) is 19.8 Å². The average molecular weight is 234 g/mol. The van der Waals surface area contributed by atoms with Crippen molar-refractivity contribution < 1.29 is 4.74 Å². The Labute approximate surface area is 101 Å². The Kier molecular flexibility index (Phi) is 5.30. The van der Waals surface area contributed by atoms with Crippen LogP contribution in [0, 0.1) is 11.3 Å². The minimum absolute atomic E-state index is 0.373. The van der Waals surface area contributed by atoms with E-state index in [1.54, 1.807) is 24.3 Å². The van der Waals surface area contributed by atoms with Gasteiger partial charge in [-0.2, -0.15) is 5.26 Å². The van der Waals surface area contributed by atoms with Gasteiger partial charge < -0.3 is 10.1 Å². The number of hydrogen-bond donors (Lipinski definition) is 1. The van der Waals surface area contributed by atoms with Gasteiger partial charge in [-0.25, -0.2) is 0 Å². The first-order valence-electron chi connectivity index (χ1n) is 5.20. The SMILES string of the molecule is CCCCOC(=S)Nc1ccc(C#N)cc1. The van der Waals surface area contributed by atoms with E-state index >= 15 is 0 Å². The molecule has 16 heavy (non-hydrogen) atoms. The summed E-state index contributed by atoms with van der Waals surface area (Å²) in [5.41, 5.74) is 1.46. The maximum Gasteiger partial charge on any atom is 0.261 e. The third kappa shape index (κ3) is 4.28. The molecule has 0 saturated carbocycles. The summed E-state index contributed by atoms with van der Waals surface area (Å²) in [7, 11) is 0. The number of anilines is 1. The van der Waals surface area contributed by atoms with Gasteiger partial charge in [0.25, 0.3) is 5.17 Å². The highest BCUT2D eigenvalue weighted by Gasteiger charge is 1.98. The van der Waals surface area contributed by atoms with Crippen LogP contribution in [-0.4, -0.2) is 11.8 Å². The Morgan fingerprint density at radius 3 is 2.69 bits per heavy atom. The van der Waals surface area contributed by atoms with Gasteiger partial charge in [-0.05, 0) is 42.9 Å². The summed E-state index contributed by atoms with van der Waals surface area (Å²) in [6, 6.07) is 9.12. The van der Waals surface area contributed by atoms with Gasteiger partial charge in [-0.1, -0.05) is 13.3 Å². The van der Waals surface area contributed by atoms with Crippen LogP contribution < -0.4 is 5.32 Å². The van der Waals surface area contributed by atoms with Gasteiger partial charge in [0.05, 0.1) is 18.2 Å². The molecule has 0 aliphatic carbocycles. The van der Waals surface area contributed by atoms with E-state index in [0.29, 0.717) is 17.3 Å². The van der Waals surface area contributed by atoms with Gasteiger partial charge >= 0.3 is 0 Å². The predicted molar refractivity (Wildman–Crippen MR) is 68.2 cm³/mol. The Bertz CT molecular complexity index is 381. The molecule has 0 unspecified atom stereocenters. The highest BCUT2D eigenvalue weighted by Crippen LogP contribution is 2.09. The minimum atomic E-state index is 0.373. The van der Waals surface area contributed by atoms with E-state index < -0.39 is 0 Å². The molecule has 0 aliphatic rings. The summed E-state index contributed by atoms with van der Waals surface area (Å²) >= 11 is 5.01. The molecule has 1 N–H and O–H groups in total. The highest BCUT2D eigenvalue weighted by molar-refractivity contribution is 7.80. The van der Waals surface area contributed by atoms with Crippen LogP contribution in [0.5, 0.6) is 0 Å². The van der Waals surface area contributed by atoms with Crippen molar-refractivity contribution >= 4 is 23.1 Å². The van der Waals surface area contributed by atoms with Crippen molar-refractivity contribution in [2.24, 2.45) is 0 Å². The quantitative estimate of drug-likeness (QED) is 0.642. The maximum absolute atomic E-state index is 8.63. The molecule has 0 atom stereocenters. The first-order chi connectivity index (χ1) is 7.76. The standard InChI is InChI=1S/C12H14N2OS/c1-2-3-8-15-12(16)14-11-6-4-10(9-13)5-7-11/h4-7H,2-3,8H2,1H3,(H,14,16). The van der Waals surface area contributed by atoms with Crippen molar-refractivity contribution in [3.63, 3.8) is 0 Å². The topological polar surface area (TPSA) is 45.0 Å². The molecule has 0 aromatic heterocycles. The molecular formula is C12H14N2OS. The second-order valence-electron chi connectivity index (χ2n) is 3.30. The number of nitrogens with one attached hydrogen (secondary N) is 1. The fourth-order valence-corrected chi connectivity index (χ4v) is 1.29. The number of thiocarbonyl (C=S) groups is 1. The molecule has 1 rings (SSSR count). The Morgan fingerprint density at radius 1 is 1.44 bits per heavy atom. The molecule has 0 saturated heterocycles. The summed E-state index contributed by atoms with van der Waals surface area (Å²) < 4.78 is 5.30. The van der Waals surface area contributed by atoms with Crippen molar-refractivity contribution in [3.8, 4) is 6.07 Å². The summed E-state index contributed by atoms with van der Waals surface area (Å²) in [6.45, 7) is 2.74. The van der Waals surface area contributed by atoms with Crippen LogP contribution in [0.2, 0.25) is 0 Å². The molecule has 4 heteroatoms. The number of nitrogens with zero attached hydrogens (tertiary/aromatic N) is 1. The van der Waals surface area contributed by atoms with Gasteiger partial charge in [0.1, 0.15) is 0 Å². The predicted octanol–water partition coefficient (Wildman–Crippen LogP) is 3.07. The monoisotopic (exact) mass is 234 g/mol. The van der Waals surface area contributed by atoms with E-state index in [2.05, 4.69) is 18.3 Å².